The topological polar surface area (TPSA) is 116 Å². The molecule has 0 aliphatic carbocycles. The Kier molecular flexibility index (Phi) is 8.11. The highest BCUT2D eigenvalue weighted by Gasteiger charge is 2.35. The van der Waals surface area contributed by atoms with Crippen LogP contribution in [0.15, 0.2) is 5.11 Å². The quantitative estimate of drug-likeness (QED) is 0.216. The second kappa shape index (κ2) is 8.74. The molecule has 0 aromatic carbocycles. The lowest BCUT2D eigenvalue weighted by molar-refractivity contribution is -0.165. The summed E-state index contributed by atoms with van der Waals surface area (Å²) < 4.78 is 5.01. The Hall–Kier alpha value is -1.30. The van der Waals surface area contributed by atoms with Crippen LogP contribution in [0, 0.1) is 5.41 Å². The van der Waals surface area contributed by atoms with E-state index in [2.05, 4.69) is 10.0 Å². The molecule has 18 heavy (non-hydrogen) atoms. The largest absolute Gasteiger partial charge is 0.456 e. The summed E-state index contributed by atoms with van der Waals surface area (Å²) in [5.41, 5.74) is 7.02. The van der Waals surface area contributed by atoms with Gasteiger partial charge in [-0.05, 0) is 30.4 Å². The Morgan fingerprint density at radius 1 is 1.44 bits per heavy atom. The van der Waals surface area contributed by atoms with Gasteiger partial charge in [0.2, 0.25) is 0 Å². The summed E-state index contributed by atoms with van der Waals surface area (Å²) in [6.45, 7) is 2.36. The molecular weight excluding hydrogens is 238 g/mol. The molecule has 0 spiro atoms. The molecule has 104 valence electrons. The molecule has 0 radical (unpaired) electrons. The molecule has 0 rings (SSSR count). The number of aliphatic hydroxyl groups excluding tert-OH is 2. The summed E-state index contributed by atoms with van der Waals surface area (Å²) in [4.78, 5) is 14.3. The maximum Gasteiger partial charge on any atom is 0.316 e. The normalized spacial score (nSPS) is 12.7. The van der Waals surface area contributed by atoms with Crippen molar-refractivity contribution in [3.05, 3.63) is 10.4 Å². The number of unbranched alkanes of at least 4 members (excludes halogenated alkanes) is 2. The molecule has 0 aromatic heterocycles. The highest BCUT2D eigenvalue weighted by molar-refractivity contribution is 5.76. The molecule has 0 aromatic rings. The highest BCUT2D eigenvalue weighted by Crippen LogP contribution is 2.19. The van der Waals surface area contributed by atoms with Crippen molar-refractivity contribution >= 4 is 5.97 Å². The molecule has 0 aliphatic heterocycles. The number of hydrogen-bond donors (Lipinski definition) is 2. The van der Waals surface area contributed by atoms with Gasteiger partial charge in [0, 0.05) is 4.91 Å². The van der Waals surface area contributed by atoms with Gasteiger partial charge in [0.1, 0.15) is 5.41 Å². The third-order valence-electron chi connectivity index (χ3n) is 2.67. The van der Waals surface area contributed by atoms with E-state index in [1.54, 1.807) is 0 Å². The van der Waals surface area contributed by atoms with Gasteiger partial charge < -0.3 is 14.9 Å². The third-order valence-corrected chi connectivity index (χ3v) is 2.67. The van der Waals surface area contributed by atoms with Crippen molar-refractivity contribution in [2.24, 2.45) is 10.5 Å². The molecular formula is C11H21N3O4. The van der Waals surface area contributed by atoms with E-state index in [0.717, 1.165) is 19.3 Å². The zero-order valence-corrected chi connectivity index (χ0v) is 10.9. The number of carbonyl (C=O) groups excluding carboxylic acids is 1. The van der Waals surface area contributed by atoms with Crippen molar-refractivity contribution in [1.82, 2.24) is 0 Å². The Morgan fingerprint density at radius 2 is 2.06 bits per heavy atom. The van der Waals surface area contributed by atoms with Crippen molar-refractivity contribution in [2.75, 3.05) is 13.2 Å². The summed E-state index contributed by atoms with van der Waals surface area (Å²) in [5, 5.41) is 21.5. The first kappa shape index (κ1) is 16.7. The molecule has 0 fully saturated rings. The number of rotatable bonds is 9. The fraction of sp³-hybridized carbons (Fsp3) is 0.909. The average Bonchev–Trinajstić information content (AvgIpc) is 2.38. The van der Waals surface area contributed by atoms with Crippen LogP contribution < -0.4 is 0 Å². The predicted molar refractivity (Wildman–Crippen MR) is 65.4 cm³/mol. The van der Waals surface area contributed by atoms with E-state index < -0.39 is 30.8 Å². The van der Waals surface area contributed by atoms with Crippen LogP contribution in [-0.2, 0) is 9.53 Å². The number of carbonyl (C=O) groups is 1. The molecule has 0 aliphatic rings. The van der Waals surface area contributed by atoms with Gasteiger partial charge in [-0.3, -0.25) is 4.79 Å². The predicted octanol–water partition coefficient (Wildman–Crippen LogP) is 1.74. The number of hydrogen-bond acceptors (Lipinski definition) is 5. The molecule has 1 atom stereocenters. The van der Waals surface area contributed by atoms with E-state index in [9.17, 15) is 4.79 Å². The van der Waals surface area contributed by atoms with Crippen LogP contribution in [0.25, 0.3) is 10.4 Å². The first-order chi connectivity index (χ1) is 8.53. The molecule has 0 amide bonds. The molecule has 0 heterocycles. The summed E-state index contributed by atoms with van der Waals surface area (Å²) in [5.74, 6) is -0.763. The van der Waals surface area contributed by atoms with Gasteiger partial charge in [0.15, 0.2) is 6.23 Å². The first-order valence-electron chi connectivity index (χ1n) is 6.01. The number of ether oxygens (including phenoxy) is 1. The van der Waals surface area contributed by atoms with E-state index >= 15 is 0 Å². The van der Waals surface area contributed by atoms with Crippen LogP contribution in [0.1, 0.15) is 39.5 Å². The molecule has 7 nitrogen and oxygen atoms in total. The van der Waals surface area contributed by atoms with Crippen LogP contribution >= 0.6 is 0 Å². The zero-order valence-electron chi connectivity index (χ0n) is 10.9. The lowest BCUT2D eigenvalue weighted by Crippen LogP contribution is -2.38. The Balaban J connectivity index is 4.48. The molecule has 0 bridgehead atoms. The number of azide groups is 1. The molecule has 2 N–H and O–H groups in total. The van der Waals surface area contributed by atoms with Gasteiger partial charge in [-0.25, -0.2) is 0 Å². The number of nitrogens with zero attached hydrogens (tertiary/aromatic N) is 3. The SMILES string of the molecule is CCCCCC(N=[N+]=[N-])OC(=O)C(C)(CO)CO. The van der Waals surface area contributed by atoms with Gasteiger partial charge in [0.25, 0.3) is 0 Å². The number of aliphatic hydroxyl groups is 2. The minimum absolute atomic E-state index is 0.441. The van der Waals surface area contributed by atoms with Gasteiger partial charge in [0.05, 0.1) is 13.2 Å². The Bertz CT molecular complexity index is 299. The van der Waals surface area contributed by atoms with E-state index in [4.69, 9.17) is 20.5 Å². The van der Waals surface area contributed by atoms with Crippen LogP contribution in [0.2, 0.25) is 0 Å². The van der Waals surface area contributed by atoms with E-state index in [-0.39, 0.29) is 0 Å². The average molecular weight is 259 g/mol. The fourth-order valence-electron chi connectivity index (χ4n) is 1.21. The highest BCUT2D eigenvalue weighted by atomic mass is 16.6. The molecule has 1 unspecified atom stereocenters. The van der Waals surface area contributed by atoms with Gasteiger partial charge in [-0.1, -0.05) is 19.8 Å². The fourth-order valence-corrected chi connectivity index (χ4v) is 1.21. The van der Waals surface area contributed by atoms with Crippen molar-refractivity contribution in [3.8, 4) is 0 Å². The van der Waals surface area contributed by atoms with Crippen LogP contribution in [0.5, 0.6) is 0 Å². The maximum atomic E-state index is 11.7. The smallest absolute Gasteiger partial charge is 0.316 e. The summed E-state index contributed by atoms with van der Waals surface area (Å²) in [6, 6.07) is 0. The van der Waals surface area contributed by atoms with E-state index in [1.807, 2.05) is 6.92 Å². The summed E-state index contributed by atoms with van der Waals surface area (Å²) in [7, 11) is 0. The third kappa shape index (κ3) is 5.35. The van der Waals surface area contributed by atoms with Gasteiger partial charge >= 0.3 is 5.97 Å². The van der Waals surface area contributed by atoms with E-state index in [0.29, 0.717) is 6.42 Å². The minimum atomic E-state index is -1.37. The van der Waals surface area contributed by atoms with E-state index in [1.165, 1.54) is 6.92 Å². The summed E-state index contributed by atoms with van der Waals surface area (Å²) in [6.07, 6.45) is 2.29. The maximum absolute atomic E-state index is 11.7. The second-order valence-corrected chi connectivity index (χ2v) is 4.44. The van der Waals surface area contributed by atoms with Gasteiger partial charge in [-0.15, -0.1) is 0 Å². The second-order valence-electron chi connectivity index (χ2n) is 4.44. The lowest BCUT2D eigenvalue weighted by Gasteiger charge is -2.24. The van der Waals surface area contributed by atoms with Crippen molar-refractivity contribution in [1.29, 1.82) is 0 Å². The first-order valence-corrected chi connectivity index (χ1v) is 6.01. The Morgan fingerprint density at radius 3 is 2.50 bits per heavy atom. The van der Waals surface area contributed by atoms with Crippen LogP contribution in [0.4, 0.5) is 0 Å². The molecule has 0 saturated heterocycles. The van der Waals surface area contributed by atoms with Gasteiger partial charge in [-0.2, -0.15) is 0 Å². The minimum Gasteiger partial charge on any atom is -0.456 e. The summed E-state index contributed by atoms with van der Waals surface area (Å²) >= 11 is 0. The standard InChI is InChI=1S/C11H21N3O4/c1-3-4-5-6-9(13-14-12)18-10(17)11(2,7-15)8-16/h9,15-16H,3-8H2,1-2H3. The Labute approximate surface area is 106 Å². The zero-order chi connectivity index (χ0) is 14.0. The van der Waals surface area contributed by atoms with Crippen molar-refractivity contribution < 1.29 is 19.7 Å². The molecule has 7 heteroatoms. The van der Waals surface area contributed by atoms with Crippen molar-refractivity contribution in [2.45, 2.75) is 45.8 Å². The number of esters is 1. The monoisotopic (exact) mass is 259 g/mol. The molecule has 0 saturated carbocycles. The van der Waals surface area contributed by atoms with Crippen molar-refractivity contribution in [3.63, 3.8) is 0 Å². The lowest BCUT2D eigenvalue weighted by atomic mass is 9.93. The van der Waals surface area contributed by atoms with Crippen LogP contribution in [-0.4, -0.2) is 35.6 Å². The van der Waals surface area contributed by atoms with Crippen LogP contribution in [0.3, 0.4) is 0 Å².